The highest BCUT2D eigenvalue weighted by Gasteiger charge is 2.23. The number of hydrogen-bond donors (Lipinski definition) is 1. The van der Waals surface area contributed by atoms with Gasteiger partial charge in [0.1, 0.15) is 5.75 Å². The van der Waals surface area contributed by atoms with Gasteiger partial charge in [-0.3, -0.25) is 4.79 Å². The molecule has 0 aliphatic carbocycles. The predicted molar refractivity (Wildman–Crippen MR) is 105 cm³/mol. The third-order valence-corrected chi connectivity index (χ3v) is 4.64. The van der Waals surface area contributed by atoms with Crippen molar-refractivity contribution in [3.05, 3.63) is 53.6 Å². The summed E-state index contributed by atoms with van der Waals surface area (Å²) in [4.78, 5) is 12.8. The maximum absolute atomic E-state index is 12.8. The fourth-order valence-electron chi connectivity index (χ4n) is 3.07. The van der Waals surface area contributed by atoms with E-state index < -0.39 is 0 Å². The van der Waals surface area contributed by atoms with Gasteiger partial charge in [-0.05, 0) is 36.6 Å². The van der Waals surface area contributed by atoms with Crippen molar-refractivity contribution in [2.24, 2.45) is 5.92 Å². The van der Waals surface area contributed by atoms with Crippen LogP contribution in [0.15, 0.2) is 42.5 Å². The Labute approximate surface area is 160 Å². The number of fused-ring (bicyclic) bond motifs is 1. The summed E-state index contributed by atoms with van der Waals surface area (Å²) in [5, 5.41) is 3.10. The van der Waals surface area contributed by atoms with Crippen LogP contribution in [0.4, 0.5) is 0 Å². The Bertz CT molecular complexity index is 788. The van der Waals surface area contributed by atoms with Gasteiger partial charge in [0.25, 0.3) is 5.91 Å². The molecule has 5 heteroatoms. The summed E-state index contributed by atoms with van der Waals surface area (Å²) in [6, 6.07) is 13.1. The van der Waals surface area contributed by atoms with E-state index in [-0.39, 0.29) is 11.9 Å². The number of carbonyl (C=O) groups is 1. The fraction of sp³-hybridized carbons (Fsp3) is 0.409. The van der Waals surface area contributed by atoms with Crippen molar-refractivity contribution in [2.45, 2.75) is 32.7 Å². The normalized spacial score (nSPS) is 15.6. The van der Waals surface area contributed by atoms with Gasteiger partial charge in [-0.15, -0.1) is 0 Å². The molecule has 1 heterocycles. The molecule has 1 aliphatic heterocycles. The Kier molecular flexibility index (Phi) is 6.22. The lowest BCUT2D eigenvalue weighted by Crippen LogP contribution is -2.32. The van der Waals surface area contributed by atoms with Crippen LogP contribution in [0.5, 0.6) is 17.2 Å². The SMILES string of the molecule is COc1cc(C(=O)N[C@@H]2CCOc3ccccc32)ccc1OCCC(C)C. The second-order valence-electron chi connectivity index (χ2n) is 7.10. The molecule has 0 saturated carbocycles. The highest BCUT2D eigenvalue weighted by Crippen LogP contribution is 2.32. The summed E-state index contributed by atoms with van der Waals surface area (Å²) in [6.07, 6.45) is 1.71. The summed E-state index contributed by atoms with van der Waals surface area (Å²) >= 11 is 0. The molecule has 1 N–H and O–H groups in total. The van der Waals surface area contributed by atoms with Gasteiger partial charge in [0.15, 0.2) is 11.5 Å². The summed E-state index contributed by atoms with van der Waals surface area (Å²) in [5.41, 5.74) is 1.56. The Hall–Kier alpha value is -2.69. The monoisotopic (exact) mass is 369 g/mol. The average Bonchev–Trinajstić information content (AvgIpc) is 2.68. The van der Waals surface area contributed by atoms with E-state index in [0.717, 1.165) is 24.2 Å². The largest absolute Gasteiger partial charge is 0.493 e. The minimum absolute atomic E-state index is 0.0598. The van der Waals surface area contributed by atoms with E-state index in [0.29, 0.717) is 36.2 Å². The van der Waals surface area contributed by atoms with Crippen molar-refractivity contribution >= 4 is 5.91 Å². The lowest BCUT2D eigenvalue weighted by molar-refractivity contribution is 0.0924. The minimum Gasteiger partial charge on any atom is -0.493 e. The number of ether oxygens (including phenoxy) is 3. The standard InChI is InChI=1S/C22H27NO4/c1-15(2)10-12-27-20-9-8-16(14-21(20)25-3)22(24)23-18-11-13-26-19-7-5-4-6-17(18)19/h4-9,14-15,18H,10-13H2,1-3H3,(H,23,24)/t18-/m1/s1. The van der Waals surface area contributed by atoms with E-state index >= 15 is 0 Å². The molecule has 0 spiro atoms. The Morgan fingerprint density at radius 2 is 2.04 bits per heavy atom. The van der Waals surface area contributed by atoms with E-state index in [9.17, 15) is 4.79 Å². The number of methoxy groups -OCH3 is 1. The lowest BCUT2D eigenvalue weighted by Gasteiger charge is -2.26. The second kappa shape index (κ2) is 8.80. The molecule has 0 aromatic heterocycles. The van der Waals surface area contributed by atoms with Gasteiger partial charge in [0, 0.05) is 17.5 Å². The van der Waals surface area contributed by atoms with Crippen molar-refractivity contribution < 1.29 is 19.0 Å². The third-order valence-electron chi connectivity index (χ3n) is 4.64. The van der Waals surface area contributed by atoms with Crippen LogP contribution < -0.4 is 19.5 Å². The first-order valence-electron chi connectivity index (χ1n) is 9.42. The number of rotatable bonds is 7. The Morgan fingerprint density at radius 1 is 1.22 bits per heavy atom. The smallest absolute Gasteiger partial charge is 0.251 e. The minimum atomic E-state index is -0.135. The summed E-state index contributed by atoms with van der Waals surface area (Å²) in [7, 11) is 1.58. The molecule has 2 aromatic carbocycles. The van der Waals surface area contributed by atoms with Gasteiger partial charge < -0.3 is 19.5 Å². The van der Waals surface area contributed by atoms with Crippen LogP contribution in [0, 0.1) is 5.92 Å². The zero-order chi connectivity index (χ0) is 19.2. The first kappa shape index (κ1) is 19.1. The molecule has 0 bridgehead atoms. The van der Waals surface area contributed by atoms with Gasteiger partial charge in [0.05, 0.1) is 26.4 Å². The van der Waals surface area contributed by atoms with E-state index in [2.05, 4.69) is 19.2 Å². The van der Waals surface area contributed by atoms with Crippen LogP contribution in [-0.2, 0) is 0 Å². The number of benzene rings is 2. The molecule has 1 aliphatic rings. The van der Waals surface area contributed by atoms with Gasteiger partial charge in [-0.1, -0.05) is 32.0 Å². The molecular formula is C22H27NO4. The third kappa shape index (κ3) is 4.73. The van der Waals surface area contributed by atoms with E-state index in [1.54, 1.807) is 25.3 Å². The highest BCUT2D eigenvalue weighted by molar-refractivity contribution is 5.95. The first-order valence-corrected chi connectivity index (χ1v) is 9.42. The van der Waals surface area contributed by atoms with Crippen molar-refractivity contribution in [3.8, 4) is 17.2 Å². The van der Waals surface area contributed by atoms with Crippen LogP contribution in [-0.4, -0.2) is 26.2 Å². The zero-order valence-corrected chi connectivity index (χ0v) is 16.2. The molecule has 5 nitrogen and oxygen atoms in total. The highest BCUT2D eigenvalue weighted by atomic mass is 16.5. The number of carbonyl (C=O) groups excluding carboxylic acids is 1. The molecule has 0 radical (unpaired) electrons. The van der Waals surface area contributed by atoms with Crippen LogP contribution >= 0.6 is 0 Å². The molecule has 3 rings (SSSR count). The Balaban J connectivity index is 1.70. The fourth-order valence-corrected chi connectivity index (χ4v) is 3.07. The van der Waals surface area contributed by atoms with Crippen LogP contribution in [0.1, 0.15) is 48.7 Å². The topological polar surface area (TPSA) is 56.8 Å². The van der Waals surface area contributed by atoms with Crippen LogP contribution in [0.25, 0.3) is 0 Å². The van der Waals surface area contributed by atoms with Crippen molar-refractivity contribution in [1.29, 1.82) is 0 Å². The second-order valence-corrected chi connectivity index (χ2v) is 7.10. The van der Waals surface area contributed by atoms with Crippen molar-refractivity contribution in [1.82, 2.24) is 5.32 Å². The van der Waals surface area contributed by atoms with Gasteiger partial charge >= 0.3 is 0 Å². The first-order chi connectivity index (χ1) is 13.1. The quantitative estimate of drug-likeness (QED) is 0.787. The Morgan fingerprint density at radius 3 is 2.81 bits per heavy atom. The van der Waals surface area contributed by atoms with E-state index in [4.69, 9.17) is 14.2 Å². The van der Waals surface area contributed by atoms with Crippen molar-refractivity contribution in [3.63, 3.8) is 0 Å². The average molecular weight is 369 g/mol. The molecule has 144 valence electrons. The molecule has 2 aromatic rings. The van der Waals surface area contributed by atoms with Crippen LogP contribution in [0.3, 0.4) is 0 Å². The van der Waals surface area contributed by atoms with Gasteiger partial charge in [-0.2, -0.15) is 0 Å². The molecule has 0 fully saturated rings. The van der Waals surface area contributed by atoms with E-state index in [1.807, 2.05) is 24.3 Å². The lowest BCUT2D eigenvalue weighted by atomic mass is 10.00. The summed E-state index contributed by atoms with van der Waals surface area (Å²) < 4.78 is 16.9. The number of para-hydroxylation sites is 1. The molecule has 1 amide bonds. The molecule has 0 saturated heterocycles. The summed E-state index contributed by atoms with van der Waals surface area (Å²) in [6.45, 7) is 5.53. The molecule has 0 unspecified atom stereocenters. The molecule has 27 heavy (non-hydrogen) atoms. The van der Waals surface area contributed by atoms with Gasteiger partial charge in [-0.25, -0.2) is 0 Å². The molecular weight excluding hydrogens is 342 g/mol. The number of nitrogens with one attached hydrogen (secondary N) is 1. The van der Waals surface area contributed by atoms with Gasteiger partial charge in [0.2, 0.25) is 0 Å². The molecule has 1 atom stereocenters. The van der Waals surface area contributed by atoms with E-state index in [1.165, 1.54) is 0 Å². The zero-order valence-electron chi connectivity index (χ0n) is 16.2. The van der Waals surface area contributed by atoms with Crippen molar-refractivity contribution in [2.75, 3.05) is 20.3 Å². The maximum atomic E-state index is 12.8. The maximum Gasteiger partial charge on any atom is 0.251 e. The predicted octanol–water partition coefficient (Wildman–Crippen LogP) is 4.37. The van der Waals surface area contributed by atoms with Crippen LogP contribution in [0.2, 0.25) is 0 Å². The number of amides is 1. The number of hydrogen-bond acceptors (Lipinski definition) is 4. The summed E-state index contributed by atoms with van der Waals surface area (Å²) in [5.74, 6) is 2.50.